The first kappa shape index (κ1) is 13.5. The highest BCUT2D eigenvalue weighted by atomic mass is 79.9. The lowest BCUT2D eigenvalue weighted by atomic mass is 9.98. The van der Waals surface area contributed by atoms with Crippen molar-refractivity contribution in [3.8, 4) is 0 Å². The fourth-order valence-electron chi connectivity index (χ4n) is 1.75. The third-order valence-corrected chi connectivity index (χ3v) is 3.48. The third kappa shape index (κ3) is 2.91. The number of benzene rings is 2. The normalized spacial score (nSPS) is 12.5. The highest BCUT2D eigenvalue weighted by Gasteiger charge is 2.12. The number of aryl methyl sites for hydroxylation is 1. The highest BCUT2D eigenvalue weighted by Crippen LogP contribution is 2.27. The summed E-state index contributed by atoms with van der Waals surface area (Å²) < 4.78 is 14.4. The van der Waals surface area contributed by atoms with E-state index in [1.807, 2.05) is 12.1 Å². The van der Waals surface area contributed by atoms with E-state index in [-0.39, 0.29) is 5.82 Å². The van der Waals surface area contributed by atoms with Crippen molar-refractivity contribution in [1.82, 2.24) is 0 Å². The minimum absolute atomic E-state index is 0.246. The first-order valence-corrected chi connectivity index (χ1v) is 6.62. The van der Waals surface area contributed by atoms with E-state index in [0.717, 1.165) is 15.6 Å². The van der Waals surface area contributed by atoms with E-state index < -0.39 is 6.04 Å². The molecule has 0 heterocycles. The number of hydrogen-bond acceptors (Lipinski definition) is 1. The van der Waals surface area contributed by atoms with Crippen molar-refractivity contribution < 1.29 is 4.39 Å². The lowest BCUT2D eigenvalue weighted by molar-refractivity contribution is 0.614. The Hall–Kier alpha value is -0.900. The summed E-state index contributed by atoms with van der Waals surface area (Å²) in [7, 11) is 0. The predicted molar refractivity (Wildman–Crippen MR) is 76.3 cm³/mol. The zero-order valence-corrected chi connectivity index (χ0v) is 12.1. The summed E-state index contributed by atoms with van der Waals surface area (Å²) in [6.07, 6.45) is 0. The van der Waals surface area contributed by atoms with Crippen LogP contribution in [0.15, 0.2) is 40.9 Å². The average molecular weight is 329 g/mol. The summed E-state index contributed by atoms with van der Waals surface area (Å²) in [5.41, 5.74) is 8.31. The molecule has 0 aliphatic rings. The van der Waals surface area contributed by atoms with Gasteiger partial charge in [0.2, 0.25) is 0 Å². The summed E-state index contributed by atoms with van der Waals surface area (Å²) in [5.74, 6) is -0.246. The maximum Gasteiger partial charge on any atom is 0.126 e. The van der Waals surface area contributed by atoms with Gasteiger partial charge in [0.15, 0.2) is 0 Å². The molecule has 0 aromatic heterocycles. The number of hydrogen-bond donors (Lipinski definition) is 1. The van der Waals surface area contributed by atoms with Gasteiger partial charge in [-0.05, 0) is 47.9 Å². The number of nitrogens with two attached hydrogens (primary N) is 1. The van der Waals surface area contributed by atoms with E-state index in [9.17, 15) is 4.39 Å². The largest absolute Gasteiger partial charge is 0.320 e. The van der Waals surface area contributed by atoms with Crippen molar-refractivity contribution in [1.29, 1.82) is 0 Å². The van der Waals surface area contributed by atoms with Crippen LogP contribution in [0.1, 0.15) is 22.7 Å². The molecule has 2 N–H and O–H groups in total. The van der Waals surface area contributed by atoms with Crippen LogP contribution < -0.4 is 5.73 Å². The van der Waals surface area contributed by atoms with E-state index in [1.165, 1.54) is 6.07 Å². The van der Waals surface area contributed by atoms with E-state index >= 15 is 0 Å². The molecule has 0 aliphatic heterocycles. The van der Waals surface area contributed by atoms with Crippen molar-refractivity contribution >= 4 is 27.5 Å². The molecule has 0 bridgehead atoms. The van der Waals surface area contributed by atoms with Crippen LogP contribution in [-0.2, 0) is 0 Å². The Morgan fingerprint density at radius 1 is 1.17 bits per heavy atom. The molecule has 0 radical (unpaired) electrons. The molecular formula is C14H12BrClFN. The van der Waals surface area contributed by atoms with Crippen LogP contribution in [0.4, 0.5) is 4.39 Å². The van der Waals surface area contributed by atoms with Gasteiger partial charge >= 0.3 is 0 Å². The Morgan fingerprint density at radius 2 is 1.89 bits per heavy atom. The molecule has 0 saturated heterocycles. The number of rotatable bonds is 2. The third-order valence-electron chi connectivity index (χ3n) is 2.80. The fourth-order valence-corrected chi connectivity index (χ4v) is 2.64. The second-order valence-corrected chi connectivity index (χ2v) is 5.54. The lowest BCUT2D eigenvalue weighted by Crippen LogP contribution is -2.12. The molecule has 0 amide bonds. The highest BCUT2D eigenvalue weighted by molar-refractivity contribution is 9.10. The molecule has 18 heavy (non-hydrogen) atoms. The molecule has 0 saturated carbocycles. The molecule has 0 fully saturated rings. The Morgan fingerprint density at radius 3 is 2.50 bits per heavy atom. The first-order valence-electron chi connectivity index (χ1n) is 5.45. The van der Waals surface area contributed by atoms with Crippen molar-refractivity contribution in [2.45, 2.75) is 13.0 Å². The molecule has 4 heteroatoms. The smallest absolute Gasteiger partial charge is 0.126 e. The molecule has 1 unspecified atom stereocenters. The van der Waals surface area contributed by atoms with E-state index in [4.69, 9.17) is 17.3 Å². The monoisotopic (exact) mass is 327 g/mol. The lowest BCUT2D eigenvalue weighted by Gasteiger charge is -2.14. The van der Waals surface area contributed by atoms with Gasteiger partial charge in [-0.15, -0.1) is 0 Å². The van der Waals surface area contributed by atoms with Crippen molar-refractivity contribution in [2.75, 3.05) is 0 Å². The zero-order valence-electron chi connectivity index (χ0n) is 9.75. The first-order chi connectivity index (χ1) is 8.47. The Bertz CT molecular complexity index is 566. The molecule has 2 rings (SSSR count). The molecule has 2 aromatic carbocycles. The molecule has 0 aliphatic carbocycles. The van der Waals surface area contributed by atoms with Gasteiger partial charge in [-0.2, -0.15) is 0 Å². The summed E-state index contributed by atoms with van der Waals surface area (Å²) in [6.45, 7) is 1.72. The van der Waals surface area contributed by atoms with E-state index in [0.29, 0.717) is 10.6 Å². The maximum atomic E-state index is 13.5. The van der Waals surface area contributed by atoms with Gasteiger partial charge in [0.1, 0.15) is 5.82 Å². The average Bonchev–Trinajstić information content (AvgIpc) is 2.30. The van der Waals surface area contributed by atoms with E-state index in [2.05, 4.69) is 15.9 Å². The molecular weight excluding hydrogens is 317 g/mol. The fraction of sp³-hybridized carbons (Fsp3) is 0.143. The summed E-state index contributed by atoms with van der Waals surface area (Å²) in [5, 5.41) is 0.599. The van der Waals surface area contributed by atoms with Gasteiger partial charge in [-0.1, -0.05) is 39.7 Å². The van der Waals surface area contributed by atoms with Gasteiger partial charge in [0, 0.05) is 9.50 Å². The second kappa shape index (κ2) is 5.39. The Labute approximate surface area is 119 Å². The molecule has 94 valence electrons. The van der Waals surface area contributed by atoms with Crippen LogP contribution in [0.25, 0.3) is 0 Å². The molecule has 1 nitrogen and oxygen atoms in total. The van der Waals surface area contributed by atoms with Crippen LogP contribution in [0.5, 0.6) is 0 Å². The molecule has 1 atom stereocenters. The van der Waals surface area contributed by atoms with Crippen LogP contribution in [0.2, 0.25) is 5.02 Å². The maximum absolute atomic E-state index is 13.5. The van der Waals surface area contributed by atoms with E-state index in [1.54, 1.807) is 25.1 Å². The second-order valence-electron chi connectivity index (χ2n) is 4.19. The topological polar surface area (TPSA) is 26.0 Å². The Kier molecular flexibility index (Phi) is 4.05. The van der Waals surface area contributed by atoms with Gasteiger partial charge in [-0.3, -0.25) is 0 Å². The molecule has 2 aromatic rings. The SMILES string of the molecule is Cc1ccc(C(N)c2cc(Cl)cc(Br)c2)cc1F. The van der Waals surface area contributed by atoms with Gasteiger partial charge in [0.25, 0.3) is 0 Å². The minimum Gasteiger partial charge on any atom is -0.320 e. The van der Waals surface area contributed by atoms with Crippen LogP contribution in [0, 0.1) is 12.7 Å². The minimum atomic E-state index is -0.393. The van der Waals surface area contributed by atoms with Gasteiger partial charge in [0.05, 0.1) is 6.04 Å². The van der Waals surface area contributed by atoms with Crippen molar-refractivity contribution in [2.24, 2.45) is 5.73 Å². The summed E-state index contributed by atoms with van der Waals surface area (Å²) >= 11 is 9.34. The number of halogens is 3. The quantitative estimate of drug-likeness (QED) is 0.856. The molecule has 0 spiro atoms. The van der Waals surface area contributed by atoms with Crippen LogP contribution >= 0.6 is 27.5 Å². The summed E-state index contributed by atoms with van der Waals surface area (Å²) in [6, 6.07) is 10.1. The van der Waals surface area contributed by atoms with Crippen molar-refractivity contribution in [3.05, 3.63) is 68.4 Å². The van der Waals surface area contributed by atoms with Gasteiger partial charge in [-0.25, -0.2) is 4.39 Å². The van der Waals surface area contributed by atoms with Crippen LogP contribution in [-0.4, -0.2) is 0 Å². The van der Waals surface area contributed by atoms with Crippen LogP contribution in [0.3, 0.4) is 0 Å². The standard InChI is InChI=1S/C14H12BrClFN/c1-8-2-3-9(6-13(8)17)14(18)10-4-11(15)7-12(16)5-10/h2-7,14H,18H2,1H3. The zero-order chi connectivity index (χ0) is 13.3. The summed E-state index contributed by atoms with van der Waals surface area (Å²) in [4.78, 5) is 0. The Balaban J connectivity index is 2.40. The predicted octanol–water partition coefficient (Wildman–Crippen LogP) is 4.60. The van der Waals surface area contributed by atoms with Gasteiger partial charge < -0.3 is 5.73 Å². The van der Waals surface area contributed by atoms with Crippen molar-refractivity contribution in [3.63, 3.8) is 0 Å².